The highest BCUT2D eigenvalue weighted by Gasteiger charge is 2.07. The summed E-state index contributed by atoms with van der Waals surface area (Å²) in [6, 6.07) is 9.41. The van der Waals surface area contributed by atoms with Gasteiger partial charge in [-0.05, 0) is 30.3 Å². The molecule has 5 heteroatoms. The van der Waals surface area contributed by atoms with Crippen LogP contribution in [0.1, 0.15) is 10.4 Å². The van der Waals surface area contributed by atoms with Gasteiger partial charge in [-0.25, -0.2) is 9.97 Å². The van der Waals surface area contributed by atoms with Crippen LogP contribution in [0, 0.1) is 0 Å². The van der Waals surface area contributed by atoms with Gasteiger partial charge in [0.2, 0.25) is 0 Å². The Kier molecular flexibility index (Phi) is 2.97. The van der Waals surface area contributed by atoms with Gasteiger partial charge in [0, 0.05) is 24.4 Å². The number of carbonyl (C=O) groups excluding carboxylic acids is 1. The predicted octanol–water partition coefficient (Wildman–Crippen LogP) is 3.21. The molecule has 4 nitrogen and oxygen atoms in total. The molecule has 2 aromatic heterocycles. The molecule has 2 heterocycles. The highest BCUT2D eigenvalue weighted by atomic mass is 32.1. The van der Waals surface area contributed by atoms with E-state index in [2.05, 4.69) is 15.3 Å². The number of fused-ring (bicyclic) bond motifs is 1. The Bertz CT molecular complexity index is 734. The van der Waals surface area contributed by atoms with E-state index in [-0.39, 0.29) is 0 Å². The lowest BCUT2D eigenvalue weighted by Crippen LogP contribution is -1.90. The first-order chi connectivity index (χ1) is 9.30. The van der Waals surface area contributed by atoms with Gasteiger partial charge < -0.3 is 5.32 Å². The summed E-state index contributed by atoms with van der Waals surface area (Å²) in [6.45, 7) is 0. The number of hydrogen-bond acceptors (Lipinski definition) is 5. The highest BCUT2D eigenvalue weighted by molar-refractivity contribution is 7.21. The minimum atomic E-state index is 0.673. The quantitative estimate of drug-likeness (QED) is 0.742. The summed E-state index contributed by atoms with van der Waals surface area (Å²) in [5.41, 5.74) is 2.56. The Balaban J connectivity index is 2.06. The van der Waals surface area contributed by atoms with Crippen molar-refractivity contribution < 1.29 is 4.79 Å². The first-order valence-electron chi connectivity index (χ1n) is 5.80. The average Bonchev–Trinajstić information content (AvgIpc) is 2.90. The summed E-state index contributed by atoms with van der Waals surface area (Å²) >= 11 is 1.56. The third kappa shape index (κ3) is 2.20. The van der Waals surface area contributed by atoms with Gasteiger partial charge in [0.1, 0.15) is 17.1 Å². The maximum Gasteiger partial charge on any atom is 0.150 e. The van der Waals surface area contributed by atoms with Crippen LogP contribution >= 0.6 is 11.3 Å². The Morgan fingerprint density at radius 3 is 2.84 bits per heavy atom. The fraction of sp³-hybridized carbons (Fsp3) is 0.0714. The second kappa shape index (κ2) is 4.78. The number of pyridine rings is 1. The zero-order valence-electron chi connectivity index (χ0n) is 10.3. The van der Waals surface area contributed by atoms with E-state index in [1.165, 1.54) is 0 Å². The fourth-order valence-corrected chi connectivity index (χ4v) is 2.81. The van der Waals surface area contributed by atoms with Gasteiger partial charge in [0.05, 0.1) is 10.2 Å². The van der Waals surface area contributed by atoms with Crippen LogP contribution in [0.4, 0.5) is 5.82 Å². The molecule has 0 saturated carbocycles. The Morgan fingerprint density at radius 1 is 1.26 bits per heavy atom. The number of hydrogen-bond donors (Lipinski definition) is 1. The van der Waals surface area contributed by atoms with Crippen molar-refractivity contribution in [2.45, 2.75) is 0 Å². The van der Waals surface area contributed by atoms with E-state index in [0.717, 1.165) is 32.9 Å². The van der Waals surface area contributed by atoms with Gasteiger partial charge in [-0.15, -0.1) is 11.3 Å². The molecule has 1 aromatic carbocycles. The van der Waals surface area contributed by atoms with E-state index in [0.29, 0.717) is 5.56 Å². The number of aldehydes is 1. The van der Waals surface area contributed by atoms with Gasteiger partial charge in [-0.3, -0.25) is 4.79 Å². The van der Waals surface area contributed by atoms with Crippen molar-refractivity contribution in [3.63, 3.8) is 0 Å². The van der Waals surface area contributed by atoms with Gasteiger partial charge >= 0.3 is 0 Å². The number of rotatable bonds is 3. The molecule has 0 bridgehead atoms. The Hall–Kier alpha value is -2.27. The molecule has 0 fully saturated rings. The number of benzene rings is 1. The largest absolute Gasteiger partial charge is 0.373 e. The molecule has 0 unspecified atom stereocenters. The molecule has 0 aliphatic carbocycles. The second-order valence-electron chi connectivity index (χ2n) is 4.05. The van der Waals surface area contributed by atoms with Gasteiger partial charge in [0.25, 0.3) is 0 Å². The number of anilines is 1. The fourth-order valence-electron chi connectivity index (χ4n) is 1.81. The zero-order valence-corrected chi connectivity index (χ0v) is 11.1. The van der Waals surface area contributed by atoms with Crippen molar-refractivity contribution in [2.75, 3.05) is 12.4 Å². The molecular formula is C14H11N3OS. The molecule has 0 atom stereocenters. The first-order valence-corrected chi connectivity index (χ1v) is 6.62. The minimum absolute atomic E-state index is 0.673. The van der Waals surface area contributed by atoms with Crippen LogP contribution in [-0.4, -0.2) is 23.3 Å². The molecule has 1 N–H and O–H groups in total. The maximum absolute atomic E-state index is 10.8. The molecule has 0 saturated heterocycles. The minimum Gasteiger partial charge on any atom is -0.373 e. The third-order valence-electron chi connectivity index (χ3n) is 2.82. The monoisotopic (exact) mass is 269 g/mol. The summed E-state index contributed by atoms with van der Waals surface area (Å²) in [5, 5.41) is 3.89. The van der Waals surface area contributed by atoms with Crippen LogP contribution in [-0.2, 0) is 0 Å². The van der Waals surface area contributed by atoms with E-state index in [4.69, 9.17) is 0 Å². The zero-order chi connectivity index (χ0) is 13.2. The van der Waals surface area contributed by atoms with Crippen LogP contribution < -0.4 is 5.32 Å². The van der Waals surface area contributed by atoms with Crippen LogP contribution in [0.25, 0.3) is 20.8 Å². The molecule has 3 rings (SSSR count). The molecule has 0 aliphatic heterocycles. The molecule has 3 aromatic rings. The smallest absolute Gasteiger partial charge is 0.150 e. The van der Waals surface area contributed by atoms with E-state index < -0.39 is 0 Å². The van der Waals surface area contributed by atoms with Gasteiger partial charge in [0.15, 0.2) is 0 Å². The predicted molar refractivity (Wildman–Crippen MR) is 77.8 cm³/mol. The Labute approximate surface area is 114 Å². The van der Waals surface area contributed by atoms with E-state index in [1.807, 2.05) is 31.3 Å². The molecular weight excluding hydrogens is 258 g/mol. The number of thiazole rings is 1. The third-order valence-corrected chi connectivity index (χ3v) is 3.88. The summed E-state index contributed by atoms with van der Waals surface area (Å²) in [4.78, 5) is 19.6. The second-order valence-corrected chi connectivity index (χ2v) is 5.08. The normalized spacial score (nSPS) is 10.6. The van der Waals surface area contributed by atoms with Crippen LogP contribution in [0.2, 0.25) is 0 Å². The number of carbonyl (C=O) groups is 1. The van der Waals surface area contributed by atoms with Gasteiger partial charge in [-0.2, -0.15) is 0 Å². The van der Waals surface area contributed by atoms with Crippen LogP contribution in [0.15, 0.2) is 36.5 Å². The van der Waals surface area contributed by atoms with Crippen molar-refractivity contribution in [3.05, 3.63) is 42.1 Å². The maximum atomic E-state index is 10.8. The summed E-state index contributed by atoms with van der Waals surface area (Å²) < 4.78 is 1.01. The topological polar surface area (TPSA) is 54.9 Å². The van der Waals surface area contributed by atoms with E-state index >= 15 is 0 Å². The molecule has 0 radical (unpaired) electrons. The molecule has 94 valence electrons. The van der Waals surface area contributed by atoms with E-state index in [9.17, 15) is 4.79 Å². The lowest BCUT2D eigenvalue weighted by atomic mass is 10.2. The van der Waals surface area contributed by atoms with Crippen LogP contribution in [0.3, 0.4) is 0 Å². The highest BCUT2D eigenvalue weighted by Crippen LogP contribution is 2.30. The number of nitrogens with zero attached hydrogens (tertiary/aromatic N) is 2. The van der Waals surface area contributed by atoms with Crippen molar-refractivity contribution >= 4 is 33.7 Å². The SMILES string of the molecule is CNc1ccc(-c2nc3ccc(C=O)cc3s2)cn1. The van der Waals surface area contributed by atoms with E-state index in [1.54, 1.807) is 23.6 Å². The lowest BCUT2D eigenvalue weighted by molar-refractivity contribution is 0.112. The van der Waals surface area contributed by atoms with Crippen molar-refractivity contribution in [3.8, 4) is 10.6 Å². The van der Waals surface area contributed by atoms with Gasteiger partial charge in [-0.1, -0.05) is 0 Å². The first kappa shape index (κ1) is 11.8. The number of nitrogens with one attached hydrogen (secondary N) is 1. The van der Waals surface area contributed by atoms with Crippen molar-refractivity contribution in [1.82, 2.24) is 9.97 Å². The summed E-state index contributed by atoms with van der Waals surface area (Å²) in [6.07, 6.45) is 2.65. The molecule has 0 amide bonds. The lowest BCUT2D eigenvalue weighted by Gasteiger charge is -1.99. The average molecular weight is 269 g/mol. The molecule has 0 spiro atoms. The summed E-state index contributed by atoms with van der Waals surface area (Å²) in [7, 11) is 1.83. The summed E-state index contributed by atoms with van der Waals surface area (Å²) in [5.74, 6) is 0.827. The molecule has 0 aliphatic rings. The number of aromatic nitrogens is 2. The van der Waals surface area contributed by atoms with Crippen LogP contribution in [0.5, 0.6) is 0 Å². The van der Waals surface area contributed by atoms with Crippen molar-refractivity contribution in [2.24, 2.45) is 0 Å². The Morgan fingerprint density at radius 2 is 2.16 bits per heavy atom. The van der Waals surface area contributed by atoms with Crippen molar-refractivity contribution in [1.29, 1.82) is 0 Å². The molecule has 19 heavy (non-hydrogen) atoms. The standard InChI is InChI=1S/C14H11N3OS/c1-15-13-5-3-10(7-16-13)14-17-11-4-2-9(8-18)6-12(11)19-14/h2-8H,1H3,(H,15,16).